The second-order valence-electron chi connectivity index (χ2n) is 8.16. The fraction of sp³-hybridized carbons (Fsp3) is 0.500. The first-order valence-electron chi connectivity index (χ1n) is 10.7. The molecular formula is C24H30ClF4NO2. The van der Waals surface area contributed by atoms with E-state index in [0.29, 0.717) is 43.9 Å². The average molecular weight is 476 g/mol. The van der Waals surface area contributed by atoms with Crippen molar-refractivity contribution in [3.8, 4) is 5.75 Å². The summed E-state index contributed by atoms with van der Waals surface area (Å²) in [6, 6.07) is 9.56. The minimum atomic E-state index is -4.42. The number of aliphatic hydroxyl groups is 1. The maximum absolute atomic E-state index is 13.4. The highest BCUT2D eigenvalue weighted by Gasteiger charge is 2.36. The number of piperidine rings is 1. The van der Waals surface area contributed by atoms with Crippen LogP contribution in [-0.2, 0) is 18.2 Å². The third-order valence-corrected chi connectivity index (χ3v) is 5.83. The van der Waals surface area contributed by atoms with Gasteiger partial charge in [0.25, 0.3) is 0 Å². The lowest BCUT2D eigenvalue weighted by Crippen LogP contribution is -2.43. The molecule has 3 rings (SSSR count). The van der Waals surface area contributed by atoms with Gasteiger partial charge in [0.15, 0.2) is 0 Å². The van der Waals surface area contributed by atoms with Crippen LogP contribution in [0.15, 0.2) is 42.5 Å². The van der Waals surface area contributed by atoms with Gasteiger partial charge in [0, 0.05) is 19.6 Å². The number of hydrogen-bond acceptors (Lipinski definition) is 3. The van der Waals surface area contributed by atoms with Crippen LogP contribution in [0.1, 0.15) is 49.3 Å². The van der Waals surface area contributed by atoms with E-state index in [1.807, 2.05) is 6.92 Å². The molecule has 1 N–H and O–H groups in total. The van der Waals surface area contributed by atoms with E-state index in [0.717, 1.165) is 43.5 Å². The van der Waals surface area contributed by atoms with Gasteiger partial charge in [-0.1, -0.05) is 25.5 Å². The summed E-state index contributed by atoms with van der Waals surface area (Å²) < 4.78 is 58.2. The predicted octanol–water partition coefficient (Wildman–Crippen LogP) is 5.97. The number of likely N-dealkylation sites (tertiary alicyclic amines) is 1. The van der Waals surface area contributed by atoms with Crippen LogP contribution < -0.4 is 4.74 Å². The summed E-state index contributed by atoms with van der Waals surface area (Å²) in [5.74, 6) is 0.443. The summed E-state index contributed by atoms with van der Waals surface area (Å²) in [5.41, 5.74) is -0.782. The fourth-order valence-electron chi connectivity index (χ4n) is 4.04. The SMILES string of the molecule is CCCc1cc(F)ccc1OCCCN1CCC(O)(c2cccc(C(F)(F)F)c2)CC1.Cl. The smallest absolute Gasteiger partial charge is 0.416 e. The molecule has 0 amide bonds. The van der Waals surface area contributed by atoms with Crippen LogP contribution in [-0.4, -0.2) is 36.2 Å². The summed E-state index contributed by atoms with van der Waals surface area (Å²) in [4.78, 5) is 2.18. The van der Waals surface area contributed by atoms with Gasteiger partial charge in [-0.05, 0) is 67.1 Å². The van der Waals surface area contributed by atoms with E-state index in [9.17, 15) is 22.7 Å². The molecule has 0 atom stereocenters. The van der Waals surface area contributed by atoms with Gasteiger partial charge in [-0.3, -0.25) is 0 Å². The molecule has 2 aromatic rings. The molecule has 32 heavy (non-hydrogen) atoms. The summed E-state index contributed by atoms with van der Waals surface area (Å²) in [6.07, 6.45) is -1.23. The highest BCUT2D eigenvalue weighted by Crippen LogP contribution is 2.36. The van der Waals surface area contributed by atoms with Gasteiger partial charge < -0.3 is 14.7 Å². The fourth-order valence-corrected chi connectivity index (χ4v) is 4.04. The molecule has 0 unspecified atom stereocenters. The van der Waals surface area contributed by atoms with Crippen LogP contribution in [0.25, 0.3) is 0 Å². The Bertz CT molecular complexity index is 867. The molecule has 178 valence electrons. The predicted molar refractivity (Wildman–Crippen MR) is 119 cm³/mol. The average Bonchev–Trinajstić information content (AvgIpc) is 2.73. The zero-order valence-corrected chi connectivity index (χ0v) is 18.9. The topological polar surface area (TPSA) is 32.7 Å². The molecule has 8 heteroatoms. The lowest BCUT2D eigenvalue weighted by Gasteiger charge is -2.38. The van der Waals surface area contributed by atoms with E-state index >= 15 is 0 Å². The molecule has 1 aliphatic heterocycles. The summed E-state index contributed by atoms with van der Waals surface area (Å²) in [5, 5.41) is 10.9. The summed E-state index contributed by atoms with van der Waals surface area (Å²) in [6.45, 7) is 4.50. The van der Waals surface area contributed by atoms with Gasteiger partial charge in [0.2, 0.25) is 0 Å². The van der Waals surface area contributed by atoms with E-state index in [1.54, 1.807) is 12.1 Å². The van der Waals surface area contributed by atoms with E-state index in [4.69, 9.17) is 4.74 Å². The highest BCUT2D eigenvalue weighted by atomic mass is 35.5. The van der Waals surface area contributed by atoms with Crippen molar-refractivity contribution in [2.24, 2.45) is 0 Å². The Morgan fingerprint density at radius 3 is 2.47 bits per heavy atom. The van der Waals surface area contributed by atoms with Crippen molar-refractivity contribution in [3.05, 3.63) is 65.0 Å². The number of halogens is 5. The van der Waals surface area contributed by atoms with Crippen molar-refractivity contribution in [1.29, 1.82) is 0 Å². The lowest BCUT2D eigenvalue weighted by molar-refractivity contribution is -0.137. The first-order valence-corrected chi connectivity index (χ1v) is 10.7. The molecule has 0 bridgehead atoms. The normalized spacial score (nSPS) is 16.4. The van der Waals surface area contributed by atoms with Crippen molar-refractivity contribution in [1.82, 2.24) is 4.90 Å². The minimum Gasteiger partial charge on any atom is -0.493 e. The van der Waals surface area contributed by atoms with Gasteiger partial charge in [0.05, 0.1) is 17.8 Å². The number of ether oxygens (including phenoxy) is 1. The van der Waals surface area contributed by atoms with Crippen molar-refractivity contribution >= 4 is 12.4 Å². The van der Waals surface area contributed by atoms with Crippen LogP contribution in [0, 0.1) is 5.82 Å². The molecule has 1 heterocycles. The summed E-state index contributed by atoms with van der Waals surface area (Å²) >= 11 is 0. The Hall–Kier alpha value is -1.83. The van der Waals surface area contributed by atoms with Crippen LogP contribution >= 0.6 is 12.4 Å². The molecule has 1 saturated heterocycles. The molecule has 0 aliphatic carbocycles. The zero-order valence-electron chi connectivity index (χ0n) is 18.1. The molecule has 1 aliphatic rings. The third-order valence-electron chi connectivity index (χ3n) is 5.83. The summed E-state index contributed by atoms with van der Waals surface area (Å²) in [7, 11) is 0. The number of hydrogen-bond donors (Lipinski definition) is 1. The van der Waals surface area contributed by atoms with E-state index in [1.165, 1.54) is 18.2 Å². The number of rotatable bonds is 8. The standard InChI is InChI=1S/C24H29F4NO2.ClH/c1-2-5-18-16-21(25)8-9-22(18)31-15-4-12-29-13-10-23(30,11-14-29)19-6-3-7-20(17-19)24(26,27)28;/h3,6-9,16-17,30H,2,4-5,10-15H2,1H3;1H. The van der Waals surface area contributed by atoms with Gasteiger partial charge in [-0.25, -0.2) is 4.39 Å². The molecular weight excluding hydrogens is 446 g/mol. The van der Waals surface area contributed by atoms with Crippen molar-refractivity contribution in [3.63, 3.8) is 0 Å². The number of nitrogens with zero attached hydrogens (tertiary/aromatic N) is 1. The van der Waals surface area contributed by atoms with Crippen LogP contribution in [0.2, 0.25) is 0 Å². The first-order chi connectivity index (χ1) is 14.7. The van der Waals surface area contributed by atoms with Crippen LogP contribution in [0.3, 0.4) is 0 Å². The molecule has 2 aromatic carbocycles. The van der Waals surface area contributed by atoms with E-state index in [-0.39, 0.29) is 18.2 Å². The number of aryl methyl sites for hydroxylation is 1. The van der Waals surface area contributed by atoms with Gasteiger partial charge in [-0.2, -0.15) is 13.2 Å². The Morgan fingerprint density at radius 1 is 1.09 bits per heavy atom. The second kappa shape index (κ2) is 11.3. The van der Waals surface area contributed by atoms with E-state index in [2.05, 4.69) is 4.90 Å². The van der Waals surface area contributed by atoms with Crippen LogP contribution in [0.4, 0.5) is 17.6 Å². The Balaban J connectivity index is 0.00000363. The Labute approximate surface area is 192 Å². The minimum absolute atomic E-state index is 0. The lowest BCUT2D eigenvalue weighted by atomic mass is 9.83. The zero-order chi connectivity index (χ0) is 22.5. The second-order valence-corrected chi connectivity index (χ2v) is 8.16. The molecule has 0 spiro atoms. The van der Waals surface area contributed by atoms with Crippen molar-refractivity contribution < 1.29 is 27.4 Å². The molecule has 3 nitrogen and oxygen atoms in total. The van der Waals surface area contributed by atoms with Crippen molar-refractivity contribution in [2.45, 2.75) is 50.8 Å². The van der Waals surface area contributed by atoms with Gasteiger partial charge >= 0.3 is 6.18 Å². The maximum atomic E-state index is 13.4. The van der Waals surface area contributed by atoms with Crippen LogP contribution in [0.5, 0.6) is 5.75 Å². The first kappa shape index (κ1) is 26.4. The highest BCUT2D eigenvalue weighted by molar-refractivity contribution is 5.85. The van der Waals surface area contributed by atoms with E-state index < -0.39 is 17.3 Å². The Morgan fingerprint density at radius 2 is 1.81 bits per heavy atom. The number of alkyl halides is 3. The Kier molecular flexibility index (Phi) is 9.37. The molecule has 0 saturated carbocycles. The third kappa shape index (κ3) is 6.83. The largest absolute Gasteiger partial charge is 0.493 e. The quantitative estimate of drug-likeness (QED) is 0.377. The molecule has 0 aromatic heterocycles. The molecule has 1 fully saturated rings. The van der Waals surface area contributed by atoms with Gasteiger partial charge in [-0.15, -0.1) is 12.4 Å². The van der Waals surface area contributed by atoms with Gasteiger partial charge in [0.1, 0.15) is 11.6 Å². The van der Waals surface area contributed by atoms with Crippen molar-refractivity contribution in [2.75, 3.05) is 26.2 Å². The monoisotopic (exact) mass is 475 g/mol. The maximum Gasteiger partial charge on any atom is 0.416 e. The molecule has 0 radical (unpaired) electrons. The number of benzene rings is 2.